The summed E-state index contributed by atoms with van der Waals surface area (Å²) in [6.45, 7) is 3.03. The monoisotopic (exact) mass is 302 g/mol. The van der Waals surface area contributed by atoms with E-state index in [0.29, 0.717) is 18.5 Å². The minimum atomic E-state index is -0.197. The van der Waals surface area contributed by atoms with Crippen LogP contribution in [0.3, 0.4) is 0 Å². The molecule has 0 N–H and O–H groups in total. The molecule has 0 bridgehead atoms. The van der Waals surface area contributed by atoms with E-state index in [-0.39, 0.29) is 12.1 Å². The molecule has 118 valence electrons. The highest BCUT2D eigenvalue weighted by Gasteiger charge is 2.20. The number of benzene rings is 1. The first kappa shape index (κ1) is 16.5. The summed E-state index contributed by atoms with van der Waals surface area (Å²) in [6.07, 6.45) is 2.80. The lowest BCUT2D eigenvalue weighted by molar-refractivity contribution is -0.141. The van der Waals surface area contributed by atoms with Crippen LogP contribution in [0.15, 0.2) is 24.3 Å². The third-order valence-electron chi connectivity index (χ3n) is 3.83. The van der Waals surface area contributed by atoms with Gasteiger partial charge in [-0.2, -0.15) is 5.26 Å². The normalized spacial score (nSPS) is 17.4. The average Bonchev–Trinajstić information content (AvgIpc) is 3.06. The van der Waals surface area contributed by atoms with Crippen molar-refractivity contribution >= 4 is 5.97 Å². The molecule has 0 spiro atoms. The van der Waals surface area contributed by atoms with Crippen LogP contribution in [0, 0.1) is 11.3 Å². The first-order valence-corrected chi connectivity index (χ1v) is 7.61. The molecule has 1 heterocycles. The van der Waals surface area contributed by atoms with Crippen molar-refractivity contribution in [3.63, 3.8) is 0 Å². The summed E-state index contributed by atoms with van der Waals surface area (Å²) < 4.78 is 10.4. The summed E-state index contributed by atoms with van der Waals surface area (Å²) in [5, 5.41) is 8.84. The molecule has 0 amide bonds. The van der Waals surface area contributed by atoms with Crippen LogP contribution >= 0.6 is 0 Å². The topological polar surface area (TPSA) is 62.6 Å². The number of methoxy groups -OCH3 is 1. The van der Waals surface area contributed by atoms with Crippen molar-refractivity contribution in [2.24, 2.45) is 0 Å². The van der Waals surface area contributed by atoms with Gasteiger partial charge in [0.05, 0.1) is 31.3 Å². The molecule has 0 unspecified atom stereocenters. The number of rotatable bonds is 7. The molecular formula is C17H22N2O3. The highest BCUT2D eigenvalue weighted by molar-refractivity contribution is 5.69. The predicted octanol–water partition coefficient (Wildman–Crippen LogP) is 2.10. The van der Waals surface area contributed by atoms with E-state index in [2.05, 4.69) is 11.0 Å². The third-order valence-corrected chi connectivity index (χ3v) is 3.83. The Bertz CT molecular complexity index is 516. The van der Waals surface area contributed by atoms with Crippen molar-refractivity contribution in [1.29, 1.82) is 5.26 Å². The van der Waals surface area contributed by atoms with E-state index in [1.54, 1.807) is 0 Å². The van der Waals surface area contributed by atoms with E-state index in [9.17, 15) is 4.79 Å². The second kappa shape index (κ2) is 8.52. The summed E-state index contributed by atoms with van der Waals surface area (Å²) in [5.41, 5.74) is 1.78. The van der Waals surface area contributed by atoms with Crippen LogP contribution in [0.4, 0.5) is 0 Å². The standard InChI is InChI=1S/C17H22N2O3/c1-21-17(20)8-9-19(13-16-3-2-10-22-16)12-15-6-4-14(11-18)5-7-15/h4-7,16H,2-3,8-10,12-13H2,1H3/t16-/m1/s1. The molecule has 1 fully saturated rings. The van der Waals surface area contributed by atoms with Crippen LogP contribution in [0.2, 0.25) is 0 Å². The van der Waals surface area contributed by atoms with Crippen LogP contribution in [0.5, 0.6) is 0 Å². The molecule has 0 aliphatic carbocycles. The second-order valence-electron chi connectivity index (χ2n) is 5.51. The van der Waals surface area contributed by atoms with E-state index < -0.39 is 0 Å². The molecule has 1 aromatic rings. The van der Waals surface area contributed by atoms with Gasteiger partial charge >= 0.3 is 5.97 Å². The maximum atomic E-state index is 11.4. The van der Waals surface area contributed by atoms with Crippen LogP contribution in [0.1, 0.15) is 30.4 Å². The number of hydrogen-bond donors (Lipinski definition) is 0. The number of nitriles is 1. The Morgan fingerprint density at radius 3 is 2.82 bits per heavy atom. The van der Waals surface area contributed by atoms with Crippen LogP contribution in [-0.4, -0.2) is 43.8 Å². The minimum Gasteiger partial charge on any atom is -0.469 e. The maximum absolute atomic E-state index is 11.4. The Morgan fingerprint density at radius 1 is 1.45 bits per heavy atom. The van der Waals surface area contributed by atoms with Crippen molar-refractivity contribution in [2.45, 2.75) is 31.9 Å². The van der Waals surface area contributed by atoms with Crippen molar-refractivity contribution in [3.8, 4) is 6.07 Å². The zero-order chi connectivity index (χ0) is 15.8. The molecule has 0 radical (unpaired) electrons. The first-order chi connectivity index (χ1) is 10.7. The fraction of sp³-hybridized carbons (Fsp3) is 0.529. The van der Waals surface area contributed by atoms with Gasteiger partial charge < -0.3 is 9.47 Å². The van der Waals surface area contributed by atoms with Crippen LogP contribution in [-0.2, 0) is 20.8 Å². The van der Waals surface area contributed by atoms with E-state index in [1.165, 1.54) is 7.11 Å². The molecule has 5 nitrogen and oxygen atoms in total. The van der Waals surface area contributed by atoms with Gasteiger partial charge in [0.1, 0.15) is 0 Å². The molecule has 1 saturated heterocycles. The van der Waals surface area contributed by atoms with E-state index >= 15 is 0 Å². The highest BCUT2D eigenvalue weighted by atomic mass is 16.5. The Balaban J connectivity index is 1.95. The van der Waals surface area contributed by atoms with E-state index in [0.717, 1.165) is 38.1 Å². The van der Waals surface area contributed by atoms with E-state index in [1.807, 2.05) is 24.3 Å². The Labute approximate surface area is 131 Å². The Kier molecular flexibility index (Phi) is 6.38. The highest BCUT2D eigenvalue weighted by Crippen LogP contribution is 2.15. The molecule has 1 aliphatic rings. The maximum Gasteiger partial charge on any atom is 0.306 e. The van der Waals surface area contributed by atoms with Gasteiger partial charge in [-0.25, -0.2) is 0 Å². The van der Waals surface area contributed by atoms with Gasteiger partial charge in [0, 0.05) is 26.2 Å². The SMILES string of the molecule is COC(=O)CCN(Cc1ccc(C#N)cc1)C[C@H]1CCCO1. The van der Waals surface area contributed by atoms with Crippen molar-refractivity contribution < 1.29 is 14.3 Å². The lowest BCUT2D eigenvalue weighted by atomic mass is 10.1. The summed E-state index contributed by atoms with van der Waals surface area (Å²) >= 11 is 0. The second-order valence-corrected chi connectivity index (χ2v) is 5.51. The molecule has 2 rings (SSSR count). The minimum absolute atomic E-state index is 0.197. The van der Waals surface area contributed by atoms with Gasteiger partial charge in [0.2, 0.25) is 0 Å². The largest absolute Gasteiger partial charge is 0.469 e. The fourth-order valence-corrected chi connectivity index (χ4v) is 2.61. The van der Waals surface area contributed by atoms with Crippen LogP contribution < -0.4 is 0 Å². The lowest BCUT2D eigenvalue weighted by Crippen LogP contribution is -2.33. The van der Waals surface area contributed by atoms with Gasteiger partial charge in [-0.1, -0.05) is 12.1 Å². The Morgan fingerprint density at radius 2 is 2.23 bits per heavy atom. The number of carbonyl (C=O) groups is 1. The average molecular weight is 302 g/mol. The molecule has 1 aliphatic heterocycles. The number of hydrogen-bond acceptors (Lipinski definition) is 5. The van der Waals surface area contributed by atoms with Gasteiger partial charge in [0.25, 0.3) is 0 Å². The van der Waals surface area contributed by atoms with Gasteiger partial charge in [-0.3, -0.25) is 9.69 Å². The molecule has 0 aromatic heterocycles. The quantitative estimate of drug-likeness (QED) is 0.722. The molecule has 5 heteroatoms. The lowest BCUT2D eigenvalue weighted by Gasteiger charge is -2.25. The van der Waals surface area contributed by atoms with Gasteiger partial charge in [0.15, 0.2) is 0 Å². The van der Waals surface area contributed by atoms with Gasteiger partial charge in [-0.15, -0.1) is 0 Å². The fourth-order valence-electron chi connectivity index (χ4n) is 2.61. The molecule has 1 atom stereocenters. The number of ether oxygens (including phenoxy) is 2. The van der Waals surface area contributed by atoms with Gasteiger partial charge in [-0.05, 0) is 30.5 Å². The third kappa shape index (κ3) is 5.14. The molecule has 1 aromatic carbocycles. The summed E-state index contributed by atoms with van der Waals surface area (Å²) in [4.78, 5) is 13.6. The zero-order valence-electron chi connectivity index (χ0n) is 13.0. The number of esters is 1. The van der Waals surface area contributed by atoms with Crippen LogP contribution in [0.25, 0.3) is 0 Å². The number of carbonyl (C=O) groups excluding carboxylic acids is 1. The van der Waals surface area contributed by atoms with Crippen molar-refractivity contribution in [2.75, 3.05) is 26.8 Å². The molecule has 0 saturated carbocycles. The molecule has 22 heavy (non-hydrogen) atoms. The zero-order valence-corrected chi connectivity index (χ0v) is 13.0. The van der Waals surface area contributed by atoms with Crippen molar-refractivity contribution in [3.05, 3.63) is 35.4 Å². The van der Waals surface area contributed by atoms with Crippen molar-refractivity contribution in [1.82, 2.24) is 4.90 Å². The first-order valence-electron chi connectivity index (χ1n) is 7.61. The Hall–Kier alpha value is -1.90. The van der Waals surface area contributed by atoms with E-state index in [4.69, 9.17) is 14.7 Å². The summed E-state index contributed by atoms with van der Waals surface area (Å²) in [5.74, 6) is -0.197. The smallest absolute Gasteiger partial charge is 0.306 e. The molecular weight excluding hydrogens is 280 g/mol. The summed E-state index contributed by atoms with van der Waals surface area (Å²) in [6, 6.07) is 9.67. The summed E-state index contributed by atoms with van der Waals surface area (Å²) in [7, 11) is 1.41. The predicted molar refractivity (Wildman–Crippen MR) is 82.0 cm³/mol. The number of nitrogens with zero attached hydrogens (tertiary/aromatic N) is 2.